The van der Waals surface area contributed by atoms with E-state index >= 15 is 0 Å². The zero-order chi connectivity index (χ0) is 23.2. The van der Waals surface area contributed by atoms with Gasteiger partial charge in [-0.05, 0) is 54.4 Å². The van der Waals surface area contributed by atoms with Crippen molar-refractivity contribution in [2.45, 2.75) is 12.8 Å². The number of alkyl halides is 1. The molecular weight excluding hydrogens is 440 g/mol. The number of hydrogen-bond acceptors (Lipinski definition) is 5. The average Bonchev–Trinajstić information content (AvgIpc) is 2.86. The van der Waals surface area contributed by atoms with Crippen molar-refractivity contribution in [3.63, 3.8) is 0 Å². The Labute approximate surface area is 197 Å². The molecule has 1 fully saturated rings. The van der Waals surface area contributed by atoms with E-state index in [2.05, 4.69) is 20.5 Å². The fourth-order valence-electron chi connectivity index (χ4n) is 3.50. The molecule has 7 nitrogen and oxygen atoms in total. The second-order valence-corrected chi connectivity index (χ2v) is 8.04. The number of carbonyl (C=O) groups excluding carboxylic acids is 2. The number of benzene rings is 2. The quantitative estimate of drug-likeness (QED) is 0.526. The summed E-state index contributed by atoms with van der Waals surface area (Å²) >= 11 is 5.81. The van der Waals surface area contributed by atoms with Crippen LogP contribution in [0.25, 0.3) is 0 Å². The summed E-state index contributed by atoms with van der Waals surface area (Å²) in [5, 5.41) is 5.83. The number of hydrogen-bond donors (Lipinski definition) is 2. The summed E-state index contributed by atoms with van der Waals surface area (Å²) < 4.78 is 5.38. The minimum atomic E-state index is -0.246. The highest BCUT2D eigenvalue weighted by molar-refractivity contribution is 6.17. The van der Waals surface area contributed by atoms with Crippen LogP contribution in [0.4, 0.5) is 17.2 Å². The smallest absolute Gasteiger partial charge is 0.255 e. The Bertz CT molecular complexity index is 1140. The molecular formula is C25H25ClN4O3. The Morgan fingerprint density at radius 3 is 2.42 bits per heavy atom. The molecule has 0 bridgehead atoms. The van der Waals surface area contributed by atoms with Crippen molar-refractivity contribution in [2.75, 3.05) is 41.8 Å². The summed E-state index contributed by atoms with van der Waals surface area (Å²) in [5.41, 5.74) is 4.09. The third kappa shape index (κ3) is 5.69. The van der Waals surface area contributed by atoms with E-state index in [-0.39, 0.29) is 11.8 Å². The van der Waals surface area contributed by atoms with Gasteiger partial charge in [0.05, 0.1) is 13.2 Å². The monoisotopic (exact) mass is 464 g/mol. The van der Waals surface area contributed by atoms with E-state index in [9.17, 15) is 9.59 Å². The highest BCUT2D eigenvalue weighted by Gasteiger charge is 2.15. The molecule has 2 N–H and O–H groups in total. The first-order valence-corrected chi connectivity index (χ1v) is 11.2. The van der Waals surface area contributed by atoms with Crippen molar-refractivity contribution in [3.8, 4) is 0 Å². The molecule has 0 unspecified atom stereocenters. The maximum atomic E-state index is 12.9. The third-order valence-corrected chi connectivity index (χ3v) is 5.77. The van der Waals surface area contributed by atoms with Gasteiger partial charge in [-0.25, -0.2) is 4.98 Å². The average molecular weight is 465 g/mol. The fourth-order valence-corrected chi connectivity index (χ4v) is 3.68. The zero-order valence-electron chi connectivity index (χ0n) is 18.3. The number of aryl methyl sites for hydroxylation is 1. The van der Waals surface area contributed by atoms with Crippen LogP contribution in [0.15, 0.2) is 60.8 Å². The Hall–Kier alpha value is -3.42. The molecule has 4 rings (SSSR count). The molecule has 0 aliphatic carbocycles. The van der Waals surface area contributed by atoms with Crippen LogP contribution in [0, 0.1) is 6.92 Å². The number of carbonyl (C=O) groups is 2. The van der Waals surface area contributed by atoms with Gasteiger partial charge in [-0.15, -0.1) is 11.6 Å². The molecule has 1 aliphatic rings. The van der Waals surface area contributed by atoms with Gasteiger partial charge < -0.3 is 20.3 Å². The molecule has 1 aliphatic heterocycles. The first-order chi connectivity index (χ1) is 16.0. The number of morpholine rings is 1. The minimum absolute atomic E-state index is 0.230. The minimum Gasteiger partial charge on any atom is -0.378 e. The van der Waals surface area contributed by atoms with Gasteiger partial charge in [0.2, 0.25) is 0 Å². The molecule has 0 saturated carbocycles. The number of amides is 2. The van der Waals surface area contributed by atoms with E-state index in [0.717, 1.165) is 30.0 Å². The zero-order valence-corrected chi connectivity index (χ0v) is 19.1. The van der Waals surface area contributed by atoms with E-state index < -0.39 is 0 Å². The van der Waals surface area contributed by atoms with Crippen LogP contribution in [0.3, 0.4) is 0 Å². The van der Waals surface area contributed by atoms with E-state index in [1.165, 1.54) is 0 Å². The number of aromatic nitrogens is 1. The van der Waals surface area contributed by atoms with E-state index in [0.29, 0.717) is 41.6 Å². The summed E-state index contributed by atoms with van der Waals surface area (Å²) in [7, 11) is 0. The lowest BCUT2D eigenvalue weighted by Crippen LogP contribution is -2.36. The second kappa shape index (κ2) is 10.5. The Kier molecular flexibility index (Phi) is 7.22. The van der Waals surface area contributed by atoms with Gasteiger partial charge in [0, 0.05) is 47.7 Å². The van der Waals surface area contributed by atoms with Crippen molar-refractivity contribution < 1.29 is 14.3 Å². The van der Waals surface area contributed by atoms with Gasteiger partial charge in [-0.1, -0.05) is 18.2 Å². The molecule has 2 heterocycles. The summed E-state index contributed by atoms with van der Waals surface area (Å²) in [4.78, 5) is 32.0. The second-order valence-electron chi connectivity index (χ2n) is 7.77. The highest BCUT2D eigenvalue weighted by Crippen LogP contribution is 2.22. The van der Waals surface area contributed by atoms with Gasteiger partial charge in [0.1, 0.15) is 5.82 Å². The highest BCUT2D eigenvalue weighted by atomic mass is 35.5. The molecule has 1 saturated heterocycles. The standard InChI is InChI=1S/C25H25ClN4O3/c1-17-2-7-21(15-22(17)29-24(31)19-5-3-18(16-26)4-6-19)28-25(32)20-8-9-27-23(14-20)30-10-12-33-13-11-30/h2-9,14-15H,10-13,16H2,1H3,(H,28,32)(H,29,31). The van der Waals surface area contributed by atoms with E-state index in [1.54, 1.807) is 36.5 Å². The van der Waals surface area contributed by atoms with Gasteiger partial charge in [0.15, 0.2) is 0 Å². The molecule has 3 aromatic rings. The van der Waals surface area contributed by atoms with E-state index in [4.69, 9.17) is 16.3 Å². The fraction of sp³-hybridized carbons (Fsp3) is 0.240. The van der Waals surface area contributed by atoms with Crippen molar-refractivity contribution in [1.82, 2.24) is 4.98 Å². The molecule has 0 spiro atoms. The van der Waals surface area contributed by atoms with Crippen LogP contribution in [-0.2, 0) is 10.6 Å². The summed E-state index contributed by atoms with van der Waals surface area (Å²) in [6, 6.07) is 16.0. The first kappa shape index (κ1) is 22.8. The summed E-state index contributed by atoms with van der Waals surface area (Å²) in [6.07, 6.45) is 1.63. The first-order valence-electron chi connectivity index (χ1n) is 10.7. The summed E-state index contributed by atoms with van der Waals surface area (Å²) in [5.74, 6) is 0.674. The molecule has 8 heteroatoms. The third-order valence-electron chi connectivity index (χ3n) is 5.46. The maximum absolute atomic E-state index is 12.9. The number of nitrogens with zero attached hydrogens (tertiary/aromatic N) is 2. The predicted molar refractivity (Wildman–Crippen MR) is 130 cm³/mol. The lowest BCUT2D eigenvalue weighted by molar-refractivity contribution is 0.101. The van der Waals surface area contributed by atoms with Crippen LogP contribution in [0.2, 0.25) is 0 Å². The normalized spacial score (nSPS) is 13.5. The largest absolute Gasteiger partial charge is 0.378 e. The Morgan fingerprint density at radius 2 is 1.70 bits per heavy atom. The van der Waals surface area contributed by atoms with Gasteiger partial charge in [-0.3, -0.25) is 9.59 Å². The number of pyridine rings is 1. The van der Waals surface area contributed by atoms with Crippen molar-refractivity contribution in [1.29, 1.82) is 0 Å². The number of nitrogens with one attached hydrogen (secondary N) is 2. The Morgan fingerprint density at radius 1 is 0.970 bits per heavy atom. The lowest BCUT2D eigenvalue weighted by atomic mass is 10.1. The van der Waals surface area contributed by atoms with Gasteiger partial charge in [-0.2, -0.15) is 0 Å². The lowest BCUT2D eigenvalue weighted by Gasteiger charge is -2.27. The molecule has 170 valence electrons. The molecule has 0 radical (unpaired) electrons. The van der Waals surface area contributed by atoms with Crippen LogP contribution < -0.4 is 15.5 Å². The number of halogens is 1. The number of rotatable bonds is 6. The molecule has 1 aromatic heterocycles. The van der Waals surface area contributed by atoms with Gasteiger partial charge in [0.25, 0.3) is 11.8 Å². The number of ether oxygens (including phenoxy) is 1. The van der Waals surface area contributed by atoms with Crippen LogP contribution in [0.5, 0.6) is 0 Å². The molecule has 0 atom stereocenters. The predicted octanol–water partition coefficient (Wildman–Crippen LogP) is 4.47. The SMILES string of the molecule is Cc1ccc(NC(=O)c2ccnc(N3CCOCC3)c2)cc1NC(=O)c1ccc(CCl)cc1. The number of anilines is 3. The van der Waals surface area contributed by atoms with Crippen LogP contribution >= 0.6 is 11.6 Å². The molecule has 2 amide bonds. The maximum Gasteiger partial charge on any atom is 0.255 e. The van der Waals surface area contributed by atoms with Crippen molar-refractivity contribution in [2.24, 2.45) is 0 Å². The topological polar surface area (TPSA) is 83.6 Å². The van der Waals surface area contributed by atoms with Crippen molar-refractivity contribution in [3.05, 3.63) is 83.0 Å². The van der Waals surface area contributed by atoms with E-state index in [1.807, 2.05) is 31.2 Å². The molecule has 2 aromatic carbocycles. The van der Waals surface area contributed by atoms with Gasteiger partial charge >= 0.3 is 0 Å². The van der Waals surface area contributed by atoms with Crippen LogP contribution in [-0.4, -0.2) is 43.1 Å². The Balaban J connectivity index is 1.46. The van der Waals surface area contributed by atoms with Crippen LogP contribution in [0.1, 0.15) is 31.8 Å². The summed E-state index contributed by atoms with van der Waals surface area (Å²) in [6.45, 7) is 4.68. The van der Waals surface area contributed by atoms with Crippen molar-refractivity contribution >= 4 is 40.6 Å². The molecule has 33 heavy (non-hydrogen) atoms.